The highest BCUT2D eigenvalue weighted by Gasteiger charge is 2.40. The van der Waals surface area contributed by atoms with E-state index in [0.717, 1.165) is 30.6 Å². The van der Waals surface area contributed by atoms with Gasteiger partial charge in [-0.3, -0.25) is 0 Å². The number of rotatable bonds is 2. The molecule has 1 fully saturated rings. The van der Waals surface area contributed by atoms with E-state index in [0.29, 0.717) is 18.0 Å². The van der Waals surface area contributed by atoms with Gasteiger partial charge in [0.25, 0.3) is 0 Å². The Balaban J connectivity index is 0.00000133. The van der Waals surface area contributed by atoms with Gasteiger partial charge in [0, 0.05) is 23.5 Å². The summed E-state index contributed by atoms with van der Waals surface area (Å²) >= 11 is 1.52. The Kier molecular flexibility index (Phi) is 4.28. The fourth-order valence-electron chi connectivity index (χ4n) is 2.96. The van der Waals surface area contributed by atoms with Crippen molar-refractivity contribution in [3.63, 3.8) is 0 Å². The largest absolute Gasteiger partial charge is 0.324 e. The zero-order chi connectivity index (χ0) is 12.8. The van der Waals surface area contributed by atoms with Gasteiger partial charge in [0.15, 0.2) is 0 Å². The van der Waals surface area contributed by atoms with Crippen molar-refractivity contribution in [1.82, 2.24) is 4.31 Å². The van der Waals surface area contributed by atoms with Crippen LogP contribution in [0.1, 0.15) is 37.0 Å². The van der Waals surface area contributed by atoms with Gasteiger partial charge in [-0.05, 0) is 24.3 Å². The van der Waals surface area contributed by atoms with Gasteiger partial charge in [-0.25, -0.2) is 8.42 Å². The lowest BCUT2D eigenvalue weighted by molar-refractivity contribution is 0.235. The maximum absolute atomic E-state index is 12.3. The Bertz CT molecular complexity index is 550. The van der Waals surface area contributed by atoms with Crippen molar-refractivity contribution in [2.75, 3.05) is 6.54 Å². The highest BCUT2D eigenvalue weighted by Crippen LogP contribution is 2.36. The minimum absolute atomic E-state index is 0. The van der Waals surface area contributed by atoms with Crippen LogP contribution >= 0.6 is 23.7 Å². The van der Waals surface area contributed by atoms with Crippen LogP contribution in [0.25, 0.3) is 0 Å². The summed E-state index contributed by atoms with van der Waals surface area (Å²) in [5.74, 6) is 0. The third kappa shape index (κ3) is 2.69. The van der Waals surface area contributed by atoms with Crippen molar-refractivity contribution in [2.24, 2.45) is 5.73 Å². The lowest BCUT2D eigenvalue weighted by atomic mass is 9.82. The summed E-state index contributed by atoms with van der Waals surface area (Å²) in [6.07, 6.45) is 5.33. The number of hydrogen-bond donors (Lipinski definition) is 1. The minimum atomic E-state index is -3.28. The Morgan fingerprint density at radius 1 is 1.32 bits per heavy atom. The van der Waals surface area contributed by atoms with E-state index in [2.05, 4.69) is 0 Å². The predicted molar refractivity (Wildman–Crippen MR) is 79.2 cm³/mol. The second-order valence-electron chi connectivity index (χ2n) is 5.40. The lowest BCUT2D eigenvalue weighted by Crippen LogP contribution is -2.51. The Morgan fingerprint density at radius 3 is 2.63 bits per heavy atom. The molecule has 108 valence electrons. The normalized spacial score (nSPS) is 24.7. The molecule has 19 heavy (non-hydrogen) atoms. The lowest BCUT2D eigenvalue weighted by Gasteiger charge is -2.36. The maximum Gasteiger partial charge on any atom is 0.244 e. The molecular formula is C12H19ClN2O2S2. The molecule has 2 aliphatic rings. The molecule has 3 rings (SSSR count). The summed E-state index contributed by atoms with van der Waals surface area (Å²) in [5.41, 5.74) is 6.04. The van der Waals surface area contributed by atoms with E-state index in [-0.39, 0.29) is 17.9 Å². The SMILES string of the molecule is Cl.NC1(CN2Cc3sccc3S2(=O)=O)CCCCC1. The van der Waals surface area contributed by atoms with Crippen LogP contribution in [0.15, 0.2) is 16.3 Å². The fourth-order valence-corrected chi connectivity index (χ4v) is 5.97. The molecule has 7 heteroatoms. The summed E-state index contributed by atoms with van der Waals surface area (Å²) in [4.78, 5) is 1.45. The predicted octanol–water partition coefficient (Wildman–Crippen LogP) is 2.34. The highest BCUT2D eigenvalue weighted by molar-refractivity contribution is 7.89. The van der Waals surface area contributed by atoms with Crippen LogP contribution in [0, 0.1) is 0 Å². The van der Waals surface area contributed by atoms with Crippen molar-refractivity contribution >= 4 is 33.8 Å². The molecule has 0 bridgehead atoms. The highest BCUT2D eigenvalue weighted by atomic mass is 35.5. The first-order chi connectivity index (χ1) is 8.51. The Hall–Kier alpha value is -0.140. The van der Waals surface area contributed by atoms with Crippen LogP contribution in [-0.2, 0) is 16.6 Å². The molecule has 0 spiro atoms. The van der Waals surface area contributed by atoms with Gasteiger partial charge in [-0.1, -0.05) is 19.3 Å². The molecular weight excluding hydrogens is 304 g/mol. The van der Waals surface area contributed by atoms with Gasteiger partial charge in [-0.2, -0.15) is 4.31 Å². The van der Waals surface area contributed by atoms with Gasteiger partial charge < -0.3 is 5.73 Å². The Morgan fingerprint density at radius 2 is 2.00 bits per heavy atom. The van der Waals surface area contributed by atoms with E-state index >= 15 is 0 Å². The van der Waals surface area contributed by atoms with Crippen molar-refractivity contribution in [3.8, 4) is 0 Å². The topological polar surface area (TPSA) is 63.4 Å². The molecule has 2 heterocycles. The molecule has 1 saturated carbocycles. The average Bonchev–Trinajstić information content (AvgIpc) is 2.84. The molecule has 1 aromatic rings. The van der Waals surface area contributed by atoms with Gasteiger partial charge in [0.1, 0.15) is 0 Å². The first kappa shape index (κ1) is 15.3. The second kappa shape index (κ2) is 5.33. The van der Waals surface area contributed by atoms with E-state index < -0.39 is 10.0 Å². The number of halogens is 1. The molecule has 0 amide bonds. The monoisotopic (exact) mass is 322 g/mol. The molecule has 0 saturated heterocycles. The quantitative estimate of drug-likeness (QED) is 0.909. The third-order valence-electron chi connectivity index (χ3n) is 3.98. The van der Waals surface area contributed by atoms with Gasteiger partial charge >= 0.3 is 0 Å². The summed E-state index contributed by atoms with van der Waals surface area (Å²) in [5, 5.41) is 1.85. The first-order valence-corrected chi connectivity index (χ1v) is 8.69. The molecule has 1 aromatic heterocycles. The maximum atomic E-state index is 12.3. The zero-order valence-electron chi connectivity index (χ0n) is 10.7. The zero-order valence-corrected chi connectivity index (χ0v) is 13.1. The minimum Gasteiger partial charge on any atom is -0.324 e. The third-order valence-corrected chi connectivity index (χ3v) is 6.89. The first-order valence-electron chi connectivity index (χ1n) is 6.37. The Labute approximate surface area is 124 Å². The van der Waals surface area contributed by atoms with Crippen LogP contribution in [0.5, 0.6) is 0 Å². The molecule has 0 atom stereocenters. The number of thiophene rings is 1. The van der Waals surface area contributed by atoms with Crippen molar-refractivity contribution in [3.05, 3.63) is 16.3 Å². The molecule has 1 aliphatic heterocycles. The summed E-state index contributed by atoms with van der Waals surface area (Å²) in [6.45, 7) is 0.977. The number of fused-ring (bicyclic) bond motifs is 1. The summed E-state index contributed by atoms with van der Waals surface area (Å²) in [7, 11) is -3.28. The average molecular weight is 323 g/mol. The van der Waals surface area contributed by atoms with Crippen molar-refractivity contribution in [2.45, 2.75) is 49.1 Å². The van der Waals surface area contributed by atoms with Crippen LogP contribution in [0.4, 0.5) is 0 Å². The van der Waals surface area contributed by atoms with E-state index in [1.807, 2.05) is 5.38 Å². The molecule has 4 nitrogen and oxygen atoms in total. The van der Waals surface area contributed by atoms with Gasteiger partial charge in [0.05, 0.1) is 4.90 Å². The number of sulfonamides is 1. The molecule has 1 aliphatic carbocycles. The molecule has 0 unspecified atom stereocenters. The van der Waals surface area contributed by atoms with Crippen LogP contribution in [0.2, 0.25) is 0 Å². The van der Waals surface area contributed by atoms with E-state index in [4.69, 9.17) is 5.73 Å². The smallest absolute Gasteiger partial charge is 0.244 e. The molecule has 0 radical (unpaired) electrons. The van der Waals surface area contributed by atoms with Gasteiger partial charge in [0.2, 0.25) is 10.0 Å². The van der Waals surface area contributed by atoms with Crippen molar-refractivity contribution < 1.29 is 8.42 Å². The molecule has 2 N–H and O–H groups in total. The van der Waals surface area contributed by atoms with E-state index in [1.54, 1.807) is 10.4 Å². The second-order valence-corrected chi connectivity index (χ2v) is 8.31. The van der Waals surface area contributed by atoms with Crippen molar-refractivity contribution in [1.29, 1.82) is 0 Å². The van der Waals surface area contributed by atoms with E-state index in [1.165, 1.54) is 17.8 Å². The summed E-state index contributed by atoms with van der Waals surface area (Å²) < 4.78 is 26.2. The number of hydrogen-bond acceptors (Lipinski definition) is 4. The van der Waals surface area contributed by atoms with Crippen LogP contribution in [0.3, 0.4) is 0 Å². The van der Waals surface area contributed by atoms with Crippen LogP contribution in [-0.4, -0.2) is 24.8 Å². The van der Waals surface area contributed by atoms with E-state index in [9.17, 15) is 8.42 Å². The standard InChI is InChI=1S/C12H18N2O2S2.ClH/c13-12(5-2-1-3-6-12)9-14-8-10-11(4-7-17-10)18(14,15)16;/h4,7H,1-3,5-6,8-9,13H2;1H. The molecule has 0 aromatic carbocycles. The van der Waals surface area contributed by atoms with Crippen LogP contribution < -0.4 is 5.73 Å². The fraction of sp³-hybridized carbons (Fsp3) is 0.667. The number of nitrogens with zero attached hydrogens (tertiary/aromatic N) is 1. The summed E-state index contributed by atoms with van der Waals surface area (Å²) in [6, 6.07) is 1.71. The van der Waals surface area contributed by atoms with Gasteiger partial charge in [-0.15, -0.1) is 23.7 Å². The number of nitrogens with two attached hydrogens (primary N) is 1.